The SMILES string of the molecule is O=C(NC1CCN(c2nccc3c(Br)cccc23)CC1)c1cccc(Cl)c1Cl. The van der Waals surface area contributed by atoms with Crippen molar-refractivity contribution >= 4 is 61.6 Å². The van der Waals surface area contributed by atoms with E-state index in [1.807, 2.05) is 24.4 Å². The van der Waals surface area contributed by atoms with Crippen molar-refractivity contribution in [1.29, 1.82) is 0 Å². The number of amides is 1. The molecule has 1 N–H and O–H groups in total. The van der Waals surface area contributed by atoms with Crippen molar-refractivity contribution in [1.82, 2.24) is 10.3 Å². The molecule has 144 valence electrons. The highest BCUT2D eigenvalue weighted by atomic mass is 79.9. The molecule has 28 heavy (non-hydrogen) atoms. The van der Waals surface area contributed by atoms with Crippen LogP contribution in [0.3, 0.4) is 0 Å². The first-order chi connectivity index (χ1) is 13.5. The molecular formula is C21H18BrCl2N3O. The smallest absolute Gasteiger partial charge is 0.253 e. The molecule has 2 heterocycles. The van der Waals surface area contributed by atoms with Gasteiger partial charge in [0.1, 0.15) is 5.82 Å². The number of hydrogen-bond donors (Lipinski definition) is 1. The fraction of sp³-hybridized carbons (Fsp3) is 0.238. The predicted molar refractivity (Wildman–Crippen MR) is 119 cm³/mol. The molecule has 3 aromatic rings. The van der Waals surface area contributed by atoms with Crippen LogP contribution in [0.4, 0.5) is 5.82 Å². The number of benzene rings is 2. The van der Waals surface area contributed by atoms with Gasteiger partial charge in [0.15, 0.2) is 0 Å². The maximum Gasteiger partial charge on any atom is 0.253 e. The summed E-state index contributed by atoms with van der Waals surface area (Å²) in [5, 5.41) is 6.05. The number of nitrogens with one attached hydrogen (secondary N) is 1. The number of rotatable bonds is 3. The maximum absolute atomic E-state index is 12.6. The molecule has 1 aliphatic heterocycles. The number of anilines is 1. The van der Waals surface area contributed by atoms with E-state index >= 15 is 0 Å². The fourth-order valence-corrected chi connectivity index (χ4v) is 4.47. The minimum absolute atomic E-state index is 0.0977. The van der Waals surface area contributed by atoms with Crippen LogP contribution in [0, 0.1) is 0 Å². The van der Waals surface area contributed by atoms with Crippen molar-refractivity contribution in [2.24, 2.45) is 0 Å². The van der Waals surface area contributed by atoms with E-state index in [4.69, 9.17) is 23.2 Å². The van der Waals surface area contributed by atoms with Crippen LogP contribution in [-0.2, 0) is 0 Å². The van der Waals surface area contributed by atoms with Crippen LogP contribution in [-0.4, -0.2) is 30.0 Å². The lowest BCUT2D eigenvalue weighted by Crippen LogP contribution is -2.45. The summed E-state index contributed by atoms with van der Waals surface area (Å²) in [6.45, 7) is 1.65. The van der Waals surface area contributed by atoms with Gasteiger partial charge in [0, 0.05) is 40.6 Å². The Kier molecular flexibility index (Phi) is 5.76. The molecule has 1 fully saturated rings. The van der Waals surface area contributed by atoms with Gasteiger partial charge >= 0.3 is 0 Å². The molecule has 1 amide bonds. The topological polar surface area (TPSA) is 45.2 Å². The Morgan fingerprint density at radius 2 is 1.82 bits per heavy atom. The van der Waals surface area contributed by atoms with Gasteiger partial charge in [-0.15, -0.1) is 0 Å². The molecule has 7 heteroatoms. The van der Waals surface area contributed by atoms with E-state index in [1.54, 1.807) is 18.2 Å². The van der Waals surface area contributed by atoms with Crippen LogP contribution in [0.15, 0.2) is 53.1 Å². The Labute approximate surface area is 182 Å². The molecule has 2 aromatic carbocycles. The molecule has 1 saturated heterocycles. The van der Waals surface area contributed by atoms with E-state index in [0.29, 0.717) is 15.6 Å². The standard InChI is InChI=1S/C21H18BrCl2N3O/c22-17-5-1-3-15-14(17)7-10-25-20(15)27-11-8-13(9-12-27)26-21(28)16-4-2-6-18(23)19(16)24/h1-7,10,13H,8-9,11-12H2,(H,26,28). The number of carbonyl (C=O) groups is 1. The van der Waals surface area contributed by atoms with Crippen LogP contribution in [0.5, 0.6) is 0 Å². The number of aromatic nitrogens is 1. The number of nitrogens with zero attached hydrogens (tertiary/aromatic N) is 2. The summed E-state index contributed by atoms with van der Waals surface area (Å²) in [5.74, 6) is 0.805. The zero-order valence-corrected chi connectivity index (χ0v) is 18.1. The van der Waals surface area contributed by atoms with Gasteiger partial charge in [0.2, 0.25) is 0 Å². The van der Waals surface area contributed by atoms with Gasteiger partial charge in [-0.05, 0) is 37.1 Å². The van der Waals surface area contributed by atoms with Crippen molar-refractivity contribution in [3.8, 4) is 0 Å². The third kappa shape index (κ3) is 3.84. The second-order valence-corrected chi connectivity index (χ2v) is 8.45. The third-order valence-electron chi connectivity index (χ3n) is 5.06. The van der Waals surface area contributed by atoms with Gasteiger partial charge in [-0.3, -0.25) is 4.79 Å². The van der Waals surface area contributed by atoms with E-state index < -0.39 is 0 Å². The van der Waals surface area contributed by atoms with E-state index in [1.165, 1.54) is 0 Å². The van der Waals surface area contributed by atoms with Crippen LogP contribution >= 0.6 is 39.1 Å². The monoisotopic (exact) mass is 477 g/mol. The molecule has 1 aliphatic rings. The lowest BCUT2D eigenvalue weighted by molar-refractivity contribution is 0.0931. The average molecular weight is 479 g/mol. The highest BCUT2D eigenvalue weighted by Gasteiger charge is 2.24. The van der Waals surface area contributed by atoms with Gasteiger partial charge in [-0.25, -0.2) is 4.98 Å². The Morgan fingerprint density at radius 1 is 1.07 bits per heavy atom. The quantitative estimate of drug-likeness (QED) is 0.524. The molecule has 0 spiro atoms. The summed E-state index contributed by atoms with van der Waals surface area (Å²) in [7, 11) is 0. The van der Waals surface area contributed by atoms with Gasteiger partial charge in [0.25, 0.3) is 5.91 Å². The number of carbonyl (C=O) groups excluding carboxylic acids is 1. The Bertz CT molecular complexity index is 1040. The first kappa shape index (κ1) is 19.5. The molecule has 0 aliphatic carbocycles. The first-order valence-corrected chi connectivity index (χ1v) is 10.6. The van der Waals surface area contributed by atoms with Crippen LogP contribution in [0.1, 0.15) is 23.2 Å². The fourth-order valence-electron chi connectivity index (χ4n) is 3.58. The molecule has 0 saturated carbocycles. The van der Waals surface area contributed by atoms with E-state index in [-0.39, 0.29) is 11.9 Å². The Morgan fingerprint density at radius 3 is 2.61 bits per heavy atom. The zero-order chi connectivity index (χ0) is 19.7. The highest BCUT2D eigenvalue weighted by Crippen LogP contribution is 2.31. The normalized spacial score (nSPS) is 15.0. The lowest BCUT2D eigenvalue weighted by atomic mass is 10.0. The lowest BCUT2D eigenvalue weighted by Gasteiger charge is -2.33. The van der Waals surface area contributed by atoms with Gasteiger partial charge < -0.3 is 10.2 Å². The van der Waals surface area contributed by atoms with E-state index in [2.05, 4.69) is 37.2 Å². The average Bonchev–Trinajstić information content (AvgIpc) is 2.70. The number of halogens is 3. The minimum Gasteiger partial charge on any atom is -0.356 e. The van der Waals surface area contributed by atoms with Crippen molar-refractivity contribution in [3.63, 3.8) is 0 Å². The summed E-state index contributed by atoms with van der Waals surface area (Å²) in [4.78, 5) is 19.5. The highest BCUT2D eigenvalue weighted by molar-refractivity contribution is 9.10. The Balaban J connectivity index is 1.45. The van der Waals surface area contributed by atoms with Gasteiger partial charge in [-0.1, -0.05) is 57.3 Å². The minimum atomic E-state index is -0.182. The summed E-state index contributed by atoms with van der Waals surface area (Å²) in [6, 6.07) is 13.4. The summed E-state index contributed by atoms with van der Waals surface area (Å²) in [5.41, 5.74) is 0.414. The molecule has 4 rings (SSSR count). The zero-order valence-electron chi connectivity index (χ0n) is 15.0. The molecule has 0 unspecified atom stereocenters. The molecule has 0 bridgehead atoms. The van der Waals surface area contributed by atoms with Crippen LogP contribution in [0.25, 0.3) is 10.8 Å². The Hall–Kier alpha value is -1.82. The number of hydrogen-bond acceptors (Lipinski definition) is 3. The van der Waals surface area contributed by atoms with Crippen LogP contribution < -0.4 is 10.2 Å². The predicted octanol–water partition coefficient (Wildman–Crippen LogP) is 5.70. The maximum atomic E-state index is 12.6. The molecule has 0 atom stereocenters. The van der Waals surface area contributed by atoms with Crippen molar-refractivity contribution < 1.29 is 4.79 Å². The summed E-state index contributed by atoms with van der Waals surface area (Å²) in [6.07, 6.45) is 3.53. The van der Waals surface area contributed by atoms with E-state index in [9.17, 15) is 4.79 Å². The summed E-state index contributed by atoms with van der Waals surface area (Å²) >= 11 is 15.8. The van der Waals surface area contributed by atoms with E-state index in [0.717, 1.165) is 47.0 Å². The van der Waals surface area contributed by atoms with Crippen LogP contribution in [0.2, 0.25) is 10.0 Å². The number of piperidine rings is 1. The molecule has 0 radical (unpaired) electrons. The largest absolute Gasteiger partial charge is 0.356 e. The molecular weight excluding hydrogens is 461 g/mol. The molecule has 1 aromatic heterocycles. The van der Waals surface area contributed by atoms with Crippen molar-refractivity contribution in [2.75, 3.05) is 18.0 Å². The third-order valence-corrected chi connectivity index (χ3v) is 6.57. The van der Waals surface area contributed by atoms with Gasteiger partial charge in [-0.2, -0.15) is 0 Å². The summed E-state index contributed by atoms with van der Waals surface area (Å²) < 4.78 is 1.06. The number of fused-ring (bicyclic) bond motifs is 1. The number of pyridine rings is 1. The second kappa shape index (κ2) is 8.27. The van der Waals surface area contributed by atoms with Gasteiger partial charge in [0.05, 0.1) is 15.6 Å². The van der Waals surface area contributed by atoms with Crippen molar-refractivity contribution in [2.45, 2.75) is 18.9 Å². The van der Waals surface area contributed by atoms with Crippen molar-refractivity contribution in [3.05, 3.63) is 68.7 Å². The molecule has 4 nitrogen and oxygen atoms in total. The second-order valence-electron chi connectivity index (χ2n) is 6.81. The first-order valence-electron chi connectivity index (χ1n) is 9.07.